The Morgan fingerprint density at radius 1 is 1.29 bits per heavy atom. The number of hydrogen-bond acceptors (Lipinski definition) is 6. The van der Waals surface area contributed by atoms with Gasteiger partial charge in [0.1, 0.15) is 6.20 Å². The van der Waals surface area contributed by atoms with Gasteiger partial charge < -0.3 is 10.2 Å². The Morgan fingerprint density at radius 2 is 2.08 bits per heavy atom. The van der Waals surface area contributed by atoms with Gasteiger partial charge in [-0.1, -0.05) is 24.3 Å². The molecule has 1 aromatic carbocycles. The Balaban J connectivity index is 1.65. The number of fused-ring (bicyclic) bond motifs is 1. The SMILES string of the molecule is CN(c1ncc([N+](=O)[O-])c(NC2CC2)n1)C1CCc2ccccc21. The Bertz CT molecular complexity index is 790. The van der Waals surface area contributed by atoms with Crippen molar-refractivity contribution in [1.29, 1.82) is 0 Å². The number of aromatic nitrogens is 2. The van der Waals surface area contributed by atoms with Gasteiger partial charge in [0, 0.05) is 13.1 Å². The van der Waals surface area contributed by atoms with Gasteiger partial charge in [0.25, 0.3) is 0 Å². The Labute approximate surface area is 139 Å². The van der Waals surface area contributed by atoms with Crippen LogP contribution >= 0.6 is 0 Å². The number of rotatable bonds is 5. The molecule has 0 amide bonds. The maximum Gasteiger partial charge on any atom is 0.329 e. The molecule has 0 aliphatic heterocycles. The van der Waals surface area contributed by atoms with Gasteiger partial charge in [-0.2, -0.15) is 4.98 Å². The molecule has 1 fully saturated rings. The molecule has 2 aliphatic carbocycles. The molecule has 1 N–H and O–H groups in total. The highest BCUT2D eigenvalue weighted by atomic mass is 16.6. The average Bonchev–Trinajstić information content (AvgIpc) is 3.29. The smallest absolute Gasteiger partial charge is 0.329 e. The normalized spacial score (nSPS) is 19.0. The summed E-state index contributed by atoms with van der Waals surface area (Å²) in [5, 5.41) is 14.3. The second-order valence-corrected chi connectivity index (χ2v) is 6.44. The van der Waals surface area contributed by atoms with E-state index < -0.39 is 4.92 Å². The van der Waals surface area contributed by atoms with Crippen LogP contribution in [0.25, 0.3) is 0 Å². The summed E-state index contributed by atoms with van der Waals surface area (Å²) < 4.78 is 0. The van der Waals surface area contributed by atoms with Crippen LogP contribution in [-0.2, 0) is 6.42 Å². The number of nitrogens with one attached hydrogen (secondary N) is 1. The zero-order valence-electron chi connectivity index (χ0n) is 13.5. The Kier molecular flexibility index (Phi) is 3.55. The van der Waals surface area contributed by atoms with Crippen LogP contribution in [0, 0.1) is 10.1 Å². The van der Waals surface area contributed by atoms with E-state index in [4.69, 9.17) is 0 Å². The molecule has 0 saturated heterocycles. The molecule has 7 nitrogen and oxygen atoms in total. The van der Waals surface area contributed by atoms with Crippen LogP contribution in [0.5, 0.6) is 0 Å². The van der Waals surface area contributed by atoms with E-state index in [0.29, 0.717) is 17.8 Å². The van der Waals surface area contributed by atoms with Crippen molar-refractivity contribution in [2.75, 3.05) is 17.3 Å². The number of benzene rings is 1. The first-order chi connectivity index (χ1) is 11.6. The highest BCUT2D eigenvalue weighted by Gasteiger charge is 2.30. The van der Waals surface area contributed by atoms with E-state index in [2.05, 4.69) is 33.5 Å². The molecule has 4 rings (SSSR count). The molecule has 0 radical (unpaired) electrons. The molecule has 1 atom stereocenters. The van der Waals surface area contributed by atoms with Crippen molar-refractivity contribution in [2.45, 2.75) is 37.8 Å². The van der Waals surface area contributed by atoms with E-state index in [-0.39, 0.29) is 11.7 Å². The van der Waals surface area contributed by atoms with Crippen molar-refractivity contribution >= 4 is 17.5 Å². The lowest BCUT2D eigenvalue weighted by atomic mass is 10.1. The summed E-state index contributed by atoms with van der Waals surface area (Å²) in [6.07, 6.45) is 5.40. The predicted molar refractivity (Wildman–Crippen MR) is 91.2 cm³/mol. The lowest BCUT2D eigenvalue weighted by molar-refractivity contribution is -0.384. The molecule has 2 aromatic rings. The van der Waals surface area contributed by atoms with Crippen LogP contribution in [0.1, 0.15) is 36.4 Å². The molecule has 24 heavy (non-hydrogen) atoms. The summed E-state index contributed by atoms with van der Waals surface area (Å²) in [4.78, 5) is 21.5. The van der Waals surface area contributed by atoms with Crippen LogP contribution in [-0.4, -0.2) is 28.0 Å². The molecule has 0 spiro atoms. The molecular weight excluding hydrogens is 306 g/mol. The quantitative estimate of drug-likeness (QED) is 0.672. The lowest BCUT2D eigenvalue weighted by Crippen LogP contribution is -2.25. The fourth-order valence-electron chi connectivity index (χ4n) is 3.27. The van der Waals surface area contributed by atoms with Crippen molar-refractivity contribution in [1.82, 2.24) is 9.97 Å². The number of nitro groups is 1. The van der Waals surface area contributed by atoms with Crippen LogP contribution in [0.15, 0.2) is 30.5 Å². The number of aryl methyl sites for hydroxylation is 1. The summed E-state index contributed by atoms with van der Waals surface area (Å²) in [6, 6.07) is 8.89. The van der Waals surface area contributed by atoms with Crippen molar-refractivity contribution in [3.05, 3.63) is 51.7 Å². The molecule has 124 valence electrons. The maximum atomic E-state index is 11.2. The first-order valence-electron chi connectivity index (χ1n) is 8.22. The standard InChI is InChI=1S/C17H19N5O2/c1-21(14-9-6-11-4-2-3-5-13(11)14)17-18-10-15(22(23)24)16(20-17)19-12-7-8-12/h2-5,10,12,14H,6-9H2,1H3,(H,18,19,20). The fraction of sp³-hybridized carbons (Fsp3) is 0.412. The number of anilines is 2. The molecule has 2 aliphatic rings. The minimum atomic E-state index is -0.431. The van der Waals surface area contributed by atoms with Gasteiger partial charge in [-0.05, 0) is 36.8 Å². The molecular formula is C17H19N5O2. The van der Waals surface area contributed by atoms with E-state index in [9.17, 15) is 10.1 Å². The summed E-state index contributed by atoms with van der Waals surface area (Å²) in [5.41, 5.74) is 2.58. The zero-order chi connectivity index (χ0) is 16.7. The summed E-state index contributed by atoms with van der Waals surface area (Å²) in [6.45, 7) is 0. The van der Waals surface area contributed by atoms with Gasteiger partial charge in [-0.3, -0.25) is 10.1 Å². The largest absolute Gasteiger partial charge is 0.361 e. The molecule has 1 aromatic heterocycles. The number of nitrogens with zero attached hydrogens (tertiary/aromatic N) is 4. The second kappa shape index (κ2) is 5.74. The topological polar surface area (TPSA) is 84.2 Å². The highest BCUT2D eigenvalue weighted by Crippen LogP contribution is 2.37. The maximum absolute atomic E-state index is 11.2. The van der Waals surface area contributed by atoms with E-state index in [1.807, 2.05) is 18.0 Å². The van der Waals surface area contributed by atoms with Crippen LogP contribution in [0.4, 0.5) is 17.5 Å². The van der Waals surface area contributed by atoms with Crippen LogP contribution < -0.4 is 10.2 Å². The van der Waals surface area contributed by atoms with Crippen molar-refractivity contribution < 1.29 is 4.92 Å². The van der Waals surface area contributed by atoms with Gasteiger partial charge in [0.2, 0.25) is 11.8 Å². The van der Waals surface area contributed by atoms with Gasteiger partial charge in [-0.25, -0.2) is 4.98 Å². The number of hydrogen-bond donors (Lipinski definition) is 1. The first-order valence-corrected chi connectivity index (χ1v) is 8.22. The fourth-order valence-corrected chi connectivity index (χ4v) is 3.27. The summed E-state index contributed by atoms with van der Waals surface area (Å²) in [7, 11) is 1.95. The second-order valence-electron chi connectivity index (χ2n) is 6.44. The summed E-state index contributed by atoms with van der Waals surface area (Å²) >= 11 is 0. The third-order valence-corrected chi connectivity index (χ3v) is 4.76. The van der Waals surface area contributed by atoms with Gasteiger partial charge >= 0.3 is 5.69 Å². The Morgan fingerprint density at radius 3 is 2.83 bits per heavy atom. The van der Waals surface area contributed by atoms with E-state index in [0.717, 1.165) is 25.7 Å². The van der Waals surface area contributed by atoms with Crippen molar-refractivity contribution in [2.24, 2.45) is 0 Å². The van der Waals surface area contributed by atoms with E-state index >= 15 is 0 Å². The van der Waals surface area contributed by atoms with Gasteiger partial charge in [0.05, 0.1) is 11.0 Å². The van der Waals surface area contributed by atoms with Gasteiger partial charge in [-0.15, -0.1) is 0 Å². The summed E-state index contributed by atoms with van der Waals surface area (Å²) in [5.74, 6) is 0.844. The van der Waals surface area contributed by atoms with Crippen LogP contribution in [0.3, 0.4) is 0 Å². The van der Waals surface area contributed by atoms with Gasteiger partial charge in [0.15, 0.2) is 0 Å². The van der Waals surface area contributed by atoms with Crippen LogP contribution in [0.2, 0.25) is 0 Å². The minimum Gasteiger partial charge on any atom is -0.361 e. The average molecular weight is 325 g/mol. The zero-order valence-corrected chi connectivity index (χ0v) is 13.5. The third kappa shape index (κ3) is 2.66. The minimum absolute atomic E-state index is 0.0640. The molecule has 1 heterocycles. The predicted octanol–water partition coefficient (Wildman–Crippen LogP) is 3.08. The molecule has 1 unspecified atom stereocenters. The highest BCUT2D eigenvalue weighted by molar-refractivity contribution is 5.59. The monoisotopic (exact) mass is 325 g/mol. The first kappa shape index (κ1) is 14.9. The van der Waals surface area contributed by atoms with Crippen molar-refractivity contribution in [3.8, 4) is 0 Å². The molecule has 1 saturated carbocycles. The Hall–Kier alpha value is -2.70. The van der Waals surface area contributed by atoms with E-state index in [1.165, 1.54) is 17.3 Å². The molecule has 0 bridgehead atoms. The molecule has 7 heteroatoms. The van der Waals surface area contributed by atoms with Crippen molar-refractivity contribution in [3.63, 3.8) is 0 Å². The van der Waals surface area contributed by atoms with E-state index in [1.54, 1.807) is 0 Å². The third-order valence-electron chi connectivity index (χ3n) is 4.76. The lowest BCUT2D eigenvalue weighted by Gasteiger charge is -2.25.